The number of nitrogens with one attached hydrogen (secondary N) is 1. The first-order valence-corrected chi connectivity index (χ1v) is 7.54. The third-order valence-corrected chi connectivity index (χ3v) is 4.18. The van der Waals surface area contributed by atoms with Gasteiger partial charge < -0.3 is 9.88 Å². The lowest BCUT2D eigenvalue weighted by molar-refractivity contribution is 0.0732. The molecule has 0 unspecified atom stereocenters. The molecule has 1 aliphatic heterocycles. The Hall–Kier alpha value is -1.85. The summed E-state index contributed by atoms with van der Waals surface area (Å²) in [6, 6.07) is 4.75. The molecule has 0 saturated carbocycles. The van der Waals surface area contributed by atoms with Crippen molar-refractivity contribution in [3.8, 4) is 0 Å². The normalized spacial score (nSPS) is 13.9. The van der Waals surface area contributed by atoms with Gasteiger partial charge in [-0.2, -0.15) is 0 Å². The Morgan fingerprint density at radius 2 is 2.14 bits per heavy atom. The molecule has 1 N–H and O–H groups in total. The van der Waals surface area contributed by atoms with Gasteiger partial charge in [-0.15, -0.1) is 0 Å². The van der Waals surface area contributed by atoms with E-state index in [0.29, 0.717) is 40.0 Å². The number of halogens is 2. The fraction of sp³-hybridized carbons (Fsp3) is 0.267. The van der Waals surface area contributed by atoms with Crippen LogP contribution in [0.2, 0.25) is 10.0 Å². The molecule has 114 valence electrons. The van der Waals surface area contributed by atoms with E-state index in [2.05, 4.69) is 9.97 Å². The number of nitrogens with zero attached hydrogens (tertiary/aromatic N) is 2. The molecule has 1 aromatic heterocycles. The smallest absolute Gasteiger partial charge is 0.256 e. The van der Waals surface area contributed by atoms with Gasteiger partial charge >= 0.3 is 0 Å². The van der Waals surface area contributed by atoms with E-state index in [9.17, 15) is 9.59 Å². The zero-order valence-electron chi connectivity index (χ0n) is 11.8. The maximum Gasteiger partial charge on any atom is 0.256 e. The molecule has 1 amide bonds. The molecule has 22 heavy (non-hydrogen) atoms. The van der Waals surface area contributed by atoms with Crippen molar-refractivity contribution in [3.63, 3.8) is 0 Å². The number of aromatic nitrogens is 2. The van der Waals surface area contributed by atoms with Crippen LogP contribution in [-0.2, 0) is 13.0 Å². The summed E-state index contributed by atoms with van der Waals surface area (Å²) in [4.78, 5) is 33.2. The van der Waals surface area contributed by atoms with E-state index < -0.39 is 0 Å². The Kier molecular flexibility index (Phi) is 3.93. The molecule has 0 fully saturated rings. The van der Waals surface area contributed by atoms with Crippen molar-refractivity contribution in [3.05, 3.63) is 61.2 Å². The van der Waals surface area contributed by atoms with E-state index in [4.69, 9.17) is 23.2 Å². The van der Waals surface area contributed by atoms with Crippen LogP contribution < -0.4 is 5.56 Å². The van der Waals surface area contributed by atoms with Crippen molar-refractivity contribution < 1.29 is 4.79 Å². The number of H-pyrrole nitrogens is 1. The highest BCUT2D eigenvalue weighted by Crippen LogP contribution is 2.24. The summed E-state index contributed by atoms with van der Waals surface area (Å²) >= 11 is 11.9. The number of benzene rings is 1. The average Bonchev–Trinajstić information content (AvgIpc) is 2.46. The van der Waals surface area contributed by atoms with Gasteiger partial charge in [0.1, 0.15) is 5.82 Å². The fourth-order valence-corrected chi connectivity index (χ4v) is 3.05. The molecular formula is C15H13Cl2N3O2. The summed E-state index contributed by atoms with van der Waals surface area (Å²) < 4.78 is 0. The maximum atomic E-state index is 12.6. The van der Waals surface area contributed by atoms with Gasteiger partial charge in [0.25, 0.3) is 11.5 Å². The Balaban J connectivity index is 1.91. The molecular weight excluding hydrogens is 325 g/mol. The highest BCUT2D eigenvalue weighted by Gasteiger charge is 2.26. The molecule has 0 radical (unpaired) electrons. The first kappa shape index (κ1) is 15.1. The van der Waals surface area contributed by atoms with Crippen LogP contribution in [0.4, 0.5) is 0 Å². The number of carbonyl (C=O) groups excluding carboxylic acids is 1. The molecule has 2 aromatic rings. The molecule has 0 aliphatic carbocycles. The van der Waals surface area contributed by atoms with Crippen LogP contribution in [-0.4, -0.2) is 27.3 Å². The second-order valence-electron chi connectivity index (χ2n) is 5.18. The third-order valence-electron chi connectivity index (χ3n) is 3.64. The number of hydrogen-bond donors (Lipinski definition) is 1. The van der Waals surface area contributed by atoms with E-state index in [1.54, 1.807) is 24.0 Å². The van der Waals surface area contributed by atoms with E-state index >= 15 is 0 Å². The van der Waals surface area contributed by atoms with Crippen molar-refractivity contribution >= 4 is 29.1 Å². The Morgan fingerprint density at radius 1 is 1.36 bits per heavy atom. The highest BCUT2D eigenvalue weighted by atomic mass is 35.5. The predicted octanol–water partition coefficient (Wildman–Crippen LogP) is 2.58. The molecule has 2 heterocycles. The second kappa shape index (κ2) is 5.74. The lowest BCUT2D eigenvalue weighted by Gasteiger charge is -2.28. The predicted molar refractivity (Wildman–Crippen MR) is 84.5 cm³/mol. The molecule has 0 spiro atoms. The number of fused-ring (bicyclic) bond motifs is 1. The second-order valence-corrected chi connectivity index (χ2v) is 6.02. The minimum atomic E-state index is -0.215. The van der Waals surface area contributed by atoms with E-state index in [0.717, 1.165) is 5.69 Å². The monoisotopic (exact) mass is 337 g/mol. The molecule has 3 rings (SSSR count). The maximum absolute atomic E-state index is 12.6. The Labute approximate surface area is 136 Å². The minimum absolute atomic E-state index is 0.192. The summed E-state index contributed by atoms with van der Waals surface area (Å²) in [6.07, 6.45) is 0.553. The largest absolute Gasteiger partial charge is 0.334 e. The molecule has 0 bridgehead atoms. The van der Waals surface area contributed by atoms with E-state index in [1.165, 1.54) is 6.07 Å². The van der Waals surface area contributed by atoms with Gasteiger partial charge in [0.05, 0.1) is 28.4 Å². The van der Waals surface area contributed by atoms with Gasteiger partial charge in [0, 0.05) is 18.0 Å². The van der Waals surface area contributed by atoms with Crippen molar-refractivity contribution in [2.45, 2.75) is 19.9 Å². The average molecular weight is 338 g/mol. The number of carbonyl (C=O) groups is 1. The first-order chi connectivity index (χ1) is 10.5. The number of amides is 1. The minimum Gasteiger partial charge on any atom is -0.334 e. The molecule has 1 aromatic carbocycles. The molecule has 0 saturated heterocycles. The lowest BCUT2D eigenvalue weighted by Crippen LogP contribution is -2.39. The van der Waals surface area contributed by atoms with Gasteiger partial charge in [-0.25, -0.2) is 4.98 Å². The van der Waals surface area contributed by atoms with Gasteiger partial charge in [0.15, 0.2) is 0 Å². The van der Waals surface area contributed by atoms with Crippen molar-refractivity contribution in [2.24, 2.45) is 0 Å². The van der Waals surface area contributed by atoms with Crippen LogP contribution in [0.15, 0.2) is 23.0 Å². The van der Waals surface area contributed by atoms with E-state index in [1.807, 2.05) is 0 Å². The Bertz CT molecular complexity index is 817. The van der Waals surface area contributed by atoms with Crippen LogP contribution >= 0.6 is 23.2 Å². The summed E-state index contributed by atoms with van der Waals surface area (Å²) in [5.74, 6) is 0.372. The van der Waals surface area contributed by atoms with Crippen LogP contribution in [0.25, 0.3) is 0 Å². The van der Waals surface area contributed by atoms with Gasteiger partial charge in [-0.3, -0.25) is 9.59 Å². The number of aryl methyl sites for hydroxylation is 1. The standard InChI is InChI=1S/C15H13Cl2N3O2/c1-8-18-13-4-5-20(7-11(13)14(21)19-8)15(22)10-3-2-9(16)6-12(10)17/h2-3,6H,4-5,7H2,1H3,(H,18,19,21). The van der Waals surface area contributed by atoms with Crippen molar-refractivity contribution in [1.82, 2.24) is 14.9 Å². The van der Waals surface area contributed by atoms with E-state index in [-0.39, 0.29) is 18.0 Å². The van der Waals surface area contributed by atoms with Gasteiger partial charge in [-0.1, -0.05) is 23.2 Å². The number of hydrogen-bond acceptors (Lipinski definition) is 3. The van der Waals surface area contributed by atoms with Crippen molar-refractivity contribution in [2.75, 3.05) is 6.54 Å². The SMILES string of the molecule is Cc1nc2c(c(=O)[nH]1)CN(C(=O)c1ccc(Cl)cc1Cl)CC2. The van der Waals surface area contributed by atoms with Crippen LogP contribution in [0, 0.1) is 6.92 Å². The summed E-state index contributed by atoms with van der Waals surface area (Å²) in [5.41, 5.74) is 1.48. The number of rotatable bonds is 1. The van der Waals surface area contributed by atoms with Crippen molar-refractivity contribution in [1.29, 1.82) is 0 Å². The van der Waals surface area contributed by atoms with Gasteiger partial charge in [0.2, 0.25) is 0 Å². The first-order valence-electron chi connectivity index (χ1n) is 6.78. The highest BCUT2D eigenvalue weighted by molar-refractivity contribution is 6.36. The summed E-state index contributed by atoms with van der Waals surface area (Å²) in [7, 11) is 0. The summed E-state index contributed by atoms with van der Waals surface area (Å²) in [6.45, 7) is 2.48. The van der Waals surface area contributed by atoms with Crippen LogP contribution in [0.3, 0.4) is 0 Å². The summed E-state index contributed by atoms with van der Waals surface area (Å²) in [5, 5.41) is 0.779. The Morgan fingerprint density at radius 3 is 2.86 bits per heavy atom. The molecule has 0 atom stereocenters. The van der Waals surface area contributed by atoms with Gasteiger partial charge in [-0.05, 0) is 25.1 Å². The topological polar surface area (TPSA) is 66.1 Å². The fourth-order valence-electron chi connectivity index (χ4n) is 2.56. The quantitative estimate of drug-likeness (QED) is 0.869. The van der Waals surface area contributed by atoms with Crippen LogP contribution in [0.5, 0.6) is 0 Å². The number of aromatic amines is 1. The zero-order chi connectivity index (χ0) is 15.9. The molecule has 5 nitrogen and oxygen atoms in total. The molecule has 7 heteroatoms. The van der Waals surface area contributed by atoms with Crippen LogP contribution in [0.1, 0.15) is 27.4 Å². The zero-order valence-corrected chi connectivity index (χ0v) is 13.3. The molecule has 1 aliphatic rings. The lowest BCUT2D eigenvalue weighted by atomic mass is 10.1. The third kappa shape index (κ3) is 2.74.